The van der Waals surface area contributed by atoms with E-state index in [-0.39, 0.29) is 4.90 Å². The Kier molecular flexibility index (Phi) is 3.78. The number of hydrogen-bond donors (Lipinski definition) is 1. The van der Waals surface area contributed by atoms with Crippen LogP contribution in [0.4, 0.5) is 14.5 Å². The zero-order chi connectivity index (χ0) is 16.4. The van der Waals surface area contributed by atoms with Crippen LogP contribution >= 0.6 is 0 Å². The van der Waals surface area contributed by atoms with Crippen LogP contribution in [0.3, 0.4) is 0 Å². The second kappa shape index (κ2) is 5.76. The van der Waals surface area contributed by atoms with Crippen molar-refractivity contribution < 1.29 is 17.2 Å². The first-order chi connectivity index (χ1) is 11.0. The van der Waals surface area contributed by atoms with E-state index in [1.165, 1.54) is 17.1 Å². The normalized spacial score (nSPS) is 11.4. The molecule has 3 rings (SSSR count). The van der Waals surface area contributed by atoms with Crippen molar-refractivity contribution in [1.29, 1.82) is 0 Å². The van der Waals surface area contributed by atoms with Gasteiger partial charge in [0.2, 0.25) is 0 Å². The zero-order valence-corrected chi connectivity index (χ0v) is 12.3. The number of benzene rings is 1. The average Bonchev–Trinajstić information content (AvgIpc) is 3.02. The van der Waals surface area contributed by atoms with Gasteiger partial charge in [-0.3, -0.25) is 4.72 Å². The van der Waals surface area contributed by atoms with Gasteiger partial charge in [0.25, 0.3) is 10.0 Å². The highest BCUT2D eigenvalue weighted by atomic mass is 32.2. The monoisotopic (exact) mass is 336 g/mol. The number of aromatic nitrogens is 3. The topological polar surface area (TPSA) is 76.9 Å². The summed E-state index contributed by atoms with van der Waals surface area (Å²) in [4.78, 5) is 3.83. The van der Waals surface area contributed by atoms with Gasteiger partial charge in [0, 0.05) is 12.3 Å². The summed E-state index contributed by atoms with van der Waals surface area (Å²) >= 11 is 0. The first-order valence-corrected chi connectivity index (χ1v) is 7.88. The maximum absolute atomic E-state index is 13.6. The van der Waals surface area contributed by atoms with Gasteiger partial charge in [0.05, 0.1) is 18.1 Å². The van der Waals surface area contributed by atoms with E-state index in [1.54, 1.807) is 18.2 Å². The van der Waals surface area contributed by atoms with Crippen LogP contribution < -0.4 is 4.72 Å². The van der Waals surface area contributed by atoms with E-state index in [0.717, 1.165) is 24.4 Å². The number of pyridine rings is 1. The lowest BCUT2D eigenvalue weighted by molar-refractivity contribution is 0.594. The van der Waals surface area contributed by atoms with E-state index in [2.05, 4.69) is 10.1 Å². The largest absolute Gasteiger partial charge is 0.276 e. The SMILES string of the molecule is O=S(=O)(Nc1cc(F)ccc1F)c1cnn(-c2ccccn2)c1. The van der Waals surface area contributed by atoms with E-state index in [4.69, 9.17) is 0 Å². The molecule has 9 heteroatoms. The lowest BCUT2D eigenvalue weighted by atomic mass is 10.3. The number of hydrogen-bond acceptors (Lipinski definition) is 4. The summed E-state index contributed by atoms with van der Waals surface area (Å²) < 4.78 is 54.4. The minimum Gasteiger partial charge on any atom is -0.276 e. The second-order valence-corrected chi connectivity index (χ2v) is 6.22. The van der Waals surface area contributed by atoms with E-state index in [0.29, 0.717) is 5.82 Å². The molecule has 118 valence electrons. The molecule has 0 spiro atoms. The minimum atomic E-state index is -4.11. The number of sulfonamides is 1. The Morgan fingerprint density at radius 3 is 2.70 bits per heavy atom. The Labute approximate surface area is 130 Å². The minimum absolute atomic E-state index is 0.202. The fraction of sp³-hybridized carbons (Fsp3) is 0. The number of nitrogens with one attached hydrogen (secondary N) is 1. The number of halogens is 2. The van der Waals surface area contributed by atoms with Crippen molar-refractivity contribution in [2.75, 3.05) is 4.72 Å². The molecule has 0 fully saturated rings. The Bertz CT molecular complexity index is 942. The fourth-order valence-electron chi connectivity index (χ4n) is 1.84. The molecule has 0 amide bonds. The van der Waals surface area contributed by atoms with Crippen LogP contribution in [0.25, 0.3) is 5.82 Å². The molecule has 1 N–H and O–H groups in total. The van der Waals surface area contributed by atoms with Crippen molar-refractivity contribution in [1.82, 2.24) is 14.8 Å². The van der Waals surface area contributed by atoms with Crippen LogP contribution in [0.15, 0.2) is 59.9 Å². The van der Waals surface area contributed by atoms with Crippen molar-refractivity contribution in [3.63, 3.8) is 0 Å². The Balaban J connectivity index is 1.92. The van der Waals surface area contributed by atoms with E-state index < -0.39 is 27.3 Å². The maximum Gasteiger partial charge on any atom is 0.265 e. The molecule has 3 aromatic rings. The van der Waals surface area contributed by atoms with Crippen molar-refractivity contribution in [2.24, 2.45) is 0 Å². The number of anilines is 1. The van der Waals surface area contributed by atoms with Crippen LogP contribution in [0.1, 0.15) is 0 Å². The predicted molar refractivity (Wildman–Crippen MR) is 78.5 cm³/mol. The fourth-order valence-corrected chi connectivity index (χ4v) is 2.83. The van der Waals surface area contributed by atoms with Gasteiger partial charge in [0.15, 0.2) is 5.82 Å². The summed E-state index contributed by atoms with van der Waals surface area (Å²) in [5.74, 6) is -1.22. The van der Waals surface area contributed by atoms with Crippen molar-refractivity contribution in [3.8, 4) is 5.82 Å². The zero-order valence-electron chi connectivity index (χ0n) is 11.5. The molecule has 6 nitrogen and oxygen atoms in total. The third-order valence-corrected chi connectivity index (χ3v) is 4.25. The van der Waals surface area contributed by atoms with Crippen LogP contribution in [0.2, 0.25) is 0 Å². The summed E-state index contributed by atoms with van der Waals surface area (Å²) in [6, 6.07) is 7.56. The first-order valence-electron chi connectivity index (χ1n) is 6.40. The molecule has 2 aromatic heterocycles. The molecular weight excluding hydrogens is 326 g/mol. The molecule has 0 unspecified atom stereocenters. The average molecular weight is 336 g/mol. The van der Waals surface area contributed by atoms with Gasteiger partial charge in [-0.25, -0.2) is 26.9 Å². The van der Waals surface area contributed by atoms with Crippen molar-refractivity contribution >= 4 is 15.7 Å². The summed E-state index contributed by atoms with van der Waals surface area (Å²) in [5.41, 5.74) is -0.476. The van der Waals surface area contributed by atoms with E-state index in [9.17, 15) is 17.2 Å². The summed E-state index contributed by atoms with van der Waals surface area (Å²) in [7, 11) is -4.11. The van der Waals surface area contributed by atoms with Crippen LogP contribution in [0.5, 0.6) is 0 Å². The molecule has 0 saturated carbocycles. The summed E-state index contributed by atoms with van der Waals surface area (Å²) in [5, 5.41) is 3.90. The van der Waals surface area contributed by atoms with Gasteiger partial charge in [0.1, 0.15) is 16.5 Å². The highest BCUT2D eigenvalue weighted by molar-refractivity contribution is 7.92. The van der Waals surface area contributed by atoms with Gasteiger partial charge >= 0.3 is 0 Å². The van der Waals surface area contributed by atoms with Gasteiger partial charge in [-0.2, -0.15) is 5.10 Å². The van der Waals surface area contributed by atoms with Gasteiger partial charge < -0.3 is 0 Å². The molecule has 0 aliphatic rings. The smallest absolute Gasteiger partial charge is 0.265 e. The molecule has 0 aliphatic carbocycles. The molecule has 0 saturated heterocycles. The molecule has 0 radical (unpaired) electrons. The van der Waals surface area contributed by atoms with E-state index in [1.807, 2.05) is 4.72 Å². The highest BCUT2D eigenvalue weighted by Gasteiger charge is 2.19. The quantitative estimate of drug-likeness (QED) is 0.793. The first kappa shape index (κ1) is 15.1. The number of nitrogens with zero attached hydrogens (tertiary/aromatic N) is 3. The van der Waals surface area contributed by atoms with Gasteiger partial charge in [-0.05, 0) is 24.3 Å². The van der Waals surface area contributed by atoms with Crippen LogP contribution in [-0.4, -0.2) is 23.2 Å². The Morgan fingerprint density at radius 2 is 1.96 bits per heavy atom. The molecular formula is C14H10F2N4O2S. The Morgan fingerprint density at radius 1 is 1.13 bits per heavy atom. The second-order valence-electron chi connectivity index (χ2n) is 4.54. The number of rotatable bonds is 4. The van der Waals surface area contributed by atoms with E-state index >= 15 is 0 Å². The van der Waals surface area contributed by atoms with Gasteiger partial charge in [-0.1, -0.05) is 6.07 Å². The molecule has 1 aromatic carbocycles. The molecule has 2 heterocycles. The van der Waals surface area contributed by atoms with Crippen molar-refractivity contribution in [3.05, 3.63) is 66.6 Å². The molecule has 0 aliphatic heterocycles. The van der Waals surface area contributed by atoms with Crippen LogP contribution in [0, 0.1) is 11.6 Å². The lowest BCUT2D eigenvalue weighted by Gasteiger charge is -2.07. The molecule has 0 atom stereocenters. The summed E-state index contributed by atoms with van der Waals surface area (Å²) in [6.45, 7) is 0. The molecule has 23 heavy (non-hydrogen) atoms. The third kappa shape index (κ3) is 3.19. The highest BCUT2D eigenvalue weighted by Crippen LogP contribution is 2.20. The van der Waals surface area contributed by atoms with Crippen molar-refractivity contribution in [2.45, 2.75) is 4.90 Å². The van der Waals surface area contributed by atoms with Crippen LogP contribution in [-0.2, 0) is 10.0 Å². The lowest BCUT2D eigenvalue weighted by Crippen LogP contribution is -2.13. The third-order valence-electron chi connectivity index (χ3n) is 2.93. The van der Waals surface area contributed by atoms with Gasteiger partial charge in [-0.15, -0.1) is 0 Å². The maximum atomic E-state index is 13.6. The standard InChI is InChI=1S/C14H10F2N4O2S/c15-10-4-5-12(16)13(7-10)19-23(21,22)11-8-18-20(9-11)14-3-1-2-6-17-14/h1-9,19H. The predicted octanol–water partition coefficient (Wildman–Crippen LogP) is 2.35. The molecule has 0 bridgehead atoms. The Hall–Kier alpha value is -2.81. The summed E-state index contributed by atoms with van der Waals surface area (Å²) in [6.07, 6.45) is 3.85.